The van der Waals surface area contributed by atoms with Gasteiger partial charge in [0.15, 0.2) is 0 Å². The van der Waals surface area contributed by atoms with Crippen molar-refractivity contribution < 1.29 is 9.90 Å². The Kier molecular flexibility index (Phi) is 7.68. The summed E-state index contributed by atoms with van der Waals surface area (Å²) in [4.78, 5) is 19.7. The second-order valence-corrected chi connectivity index (χ2v) is 11.9. The van der Waals surface area contributed by atoms with E-state index in [2.05, 4.69) is 48.0 Å². The average Bonchev–Trinajstić information content (AvgIpc) is 2.88. The molecule has 1 atom stereocenters. The highest BCUT2D eigenvalue weighted by Crippen LogP contribution is 2.41. The lowest BCUT2D eigenvalue weighted by atomic mass is 9.70. The monoisotopic (exact) mass is 489 g/mol. The maximum absolute atomic E-state index is 12.8. The van der Waals surface area contributed by atoms with Gasteiger partial charge in [0.2, 0.25) is 0 Å². The molecule has 5 rings (SSSR count). The van der Waals surface area contributed by atoms with Crippen LogP contribution in [0.15, 0.2) is 48.5 Å². The Hall–Kier alpha value is -2.37. The van der Waals surface area contributed by atoms with E-state index in [1.807, 2.05) is 24.3 Å². The summed E-state index contributed by atoms with van der Waals surface area (Å²) in [6.45, 7) is 8.56. The van der Waals surface area contributed by atoms with Gasteiger partial charge in [-0.05, 0) is 98.3 Å². The van der Waals surface area contributed by atoms with Crippen molar-refractivity contribution in [2.45, 2.75) is 58.0 Å². The third-order valence-corrected chi connectivity index (χ3v) is 8.86. The van der Waals surface area contributed by atoms with Crippen LogP contribution in [0.1, 0.15) is 62.2 Å². The number of hydrogen-bond donors (Lipinski definition) is 1. The maximum atomic E-state index is 12.8. The molecule has 3 fully saturated rings. The highest BCUT2D eigenvalue weighted by Gasteiger charge is 2.34. The molecule has 1 saturated carbocycles. The number of hydrogen-bond acceptors (Lipinski definition) is 4. The number of rotatable bonds is 7. The van der Waals surface area contributed by atoms with Crippen molar-refractivity contribution in [3.63, 3.8) is 0 Å². The molecular weight excluding hydrogens is 446 g/mol. The molecule has 0 spiro atoms. The largest absolute Gasteiger partial charge is 0.391 e. The topological polar surface area (TPSA) is 47.0 Å². The summed E-state index contributed by atoms with van der Waals surface area (Å²) in [5.74, 6) is 0.784. The molecule has 194 valence electrons. The predicted molar refractivity (Wildman–Crippen MR) is 147 cm³/mol. The minimum Gasteiger partial charge on any atom is -0.391 e. The van der Waals surface area contributed by atoms with E-state index < -0.39 is 6.10 Å². The molecule has 2 aromatic carbocycles. The fourth-order valence-corrected chi connectivity index (χ4v) is 6.33. The van der Waals surface area contributed by atoms with Crippen molar-refractivity contribution in [2.75, 3.05) is 51.2 Å². The van der Waals surface area contributed by atoms with E-state index in [4.69, 9.17) is 0 Å². The summed E-state index contributed by atoms with van der Waals surface area (Å²) >= 11 is 0. The van der Waals surface area contributed by atoms with Gasteiger partial charge < -0.3 is 19.8 Å². The number of benzene rings is 2. The van der Waals surface area contributed by atoms with Crippen LogP contribution in [0.4, 0.5) is 5.69 Å². The summed E-state index contributed by atoms with van der Waals surface area (Å²) < 4.78 is 0. The van der Waals surface area contributed by atoms with Gasteiger partial charge in [-0.25, -0.2) is 0 Å². The van der Waals surface area contributed by atoms with E-state index in [1.165, 1.54) is 57.4 Å². The molecule has 0 radical (unpaired) electrons. The van der Waals surface area contributed by atoms with Crippen LogP contribution in [0.3, 0.4) is 0 Å². The first-order chi connectivity index (χ1) is 17.4. The van der Waals surface area contributed by atoms with Crippen LogP contribution in [0.5, 0.6) is 0 Å². The van der Waals surface area contributed by atoms with Gasteiger partial charge in [0.25, 0.3) is 5.91 Å². The zero-order chi connectivity index (χ0) is 25.1. The quantitative estimate of drug-likeness (QED) is 0.574. The van der Waals surface area contributed by atoms with Crippen LogP contribution in [0.2, 0.25) is 0 Å². The SMILES string of the molecule is CN(CC1CCN(CC2(C)CCC2)CC1)c1ccc(-c2ccc(C(=O)N3CCC[C@@H](O)C3)cc2)cc1. The number of amides is 1. The van der Waals surface area contributed by atoms with E-state index >= 15 is 0 Å². The third-order valence-electron chi connectivity index (χ3n) is 8.86. The van der Waals surface area contributed by atoms with Crippen molar-refractivity contribution in [3.05, 3.63) is 54.1 Å². The molecule has 5 heteroatoms. The number of carbonyl (C=O) groups is 1. The zero-order valence-electron chi connectivity index (χ0n) is 22.2. The number of nitrogens with zero attached hydrogens (tertiary/aromatic N) is 3. The Bertz CT molecular complexity index is 1010. The molecule has 3 aliphatic rings. The first-order valence-electron chi connectivity index (χ1n) is 14.0. The first-order valence-corrected chi connectivity index (χ1v) is 14.0. The summed E-state index contributed by atoms with van der Waals surface area (Å²) in [6, 6.07) is 16.7. The van der Waals surface area contributed by atoms with Gasteiger partial charge in [-0.2, -0.15) is 0 Å². The van der Waals surface area contributed by atoms with Crippen LogP contribution in [0.25, 0.3) is 11.1 Å². The van der Waals surface area contributed by atoms with E-state index in [0.29, 0.717) is 17.5 Å². The number of anilines is 1. The molecular formula is C31H43N3O2. The Morgan fingerprint density at radius 1 is 0.944 bits per heavy atom. The number of β-amino-alcohol motifs (C(OH)–C–C–N with tert-alkyl or cyclic N) is 1. The van der Waals surface area contributed by atoms with Crippen molar-refractivity contribution in [1.29, 1.82) is 0 Å². The second-order valence-electron chi connectivity index (χ2n) is 11.9. The van der Waals surface area contributed by atoms with Crippen LogP contribution >= 0.6 is 0 Å². The number of likely N-dealkylation sites (tertiary alicyclic amines) is 2. The lowest BCUT2D eigenvalue weighted by Gasteiger charge is -2.44. The summed E-state index contributed by atoms with van der Waals surface area (Å²) in [5.41, 5.74) is 4.83. The minimum atomic E-state index is -0.396. The Morgan fingerprint density at radius 3 is 2.17 bits per heavy atom. The molecule has 2 aromatic rings. The summed E-state index contributed by atoms with van der Waals surface area (Å²) in [6.07, 6.45) is 8.12. The number of piperidine rings is 2. The Balaban J connectivity index is 1.12. The van der Waals surface area contributed by atoms with Gasteiger partial charge in [-0.3, -0.25) is 4.79 Å². The molecule has 5 nitrogen and oxygen atoms in total. The number of carbonyl (C=O) groups excluding carboxylic acids is 1. The highest BCUT2D eigenvalue weighted by molar-refractivity contribution is 5.94. The highest BCUT2D eigenvalue weighted by atomic mass is 16.3. The molecule has 36 heavy (non-hydrogen) atoms. The van der Waals surface area contributed by atoms with Crippen LogP contribution in [-0.2, 0) is 0 Å². The summed E-state index contributed by atoms with van der Waals surface area (Å²) in [5, 5.41) is 9.88. The molecule has 2 saturated heterocycles. The van der Waals surface area contributed by atoms with Gasteiger partial charge >= 0.3 is 0 Å². The van der Waals surface area contributed by atoms with Gasteiger partial charge in [0.1, 0.15) is 0 Å². The summed E-state index contributed by atoms with van der Waals surface area (Å²) in [7, 11) is 2.22. The molecule has 0 aromatic heterocycles. The molecule has 2 aliphatic heterocycles. The fourth-order valence-electron chi connectivity index (χ4n) is 6.33. The first kappa shape index (κ1) is 25.3. The van der Waals surface area contributed by atoms with Crippen LogP contribution in [0, 0.1) is 11.3 Å². The van der Waals surface area contributed by atoms with Crippen molar-refractivity contribution in [3.8, 4) is 11.1 Å². The van der Waals surface area contributed by atoms with Gasteiger partial charge in [-0.1, -0.05) is 37.6 Å². The van der Waals surface area contributed by atoms with Crippen LogP contribution < -0.4 is 4.90 Å². The Labute approximate surface area is 217 Å². The zero-order valence-corrected chi connectivity index (χ0v) is 22.2. The number of aliphatic hydroxyl groups is 1. The standard InChI is InChI=1S/C31H43N3O2/c1-31(16-4-17-31)23-33-19-14-24(15-20-33)21-32(2)28-12-10-26(11-13-28)25-6-8-27(9-7-25)30(36)34-18-3-5-29(35)22-34/h6-13,24,29,35H,3-5,14-23H2,1-2H3/t29-/m1/s1. The molecule has 0 unspecified atom stereocenters. The Morgan fingerprint density at radius 2 is 1.58 bits per heavy atom. The minimum absolute atomic E-state index is 0.0142. The molecule has 0 bridgehead atoms. The van der Waals surface area contributed by atoms with Crippen molar-refractivity contribution in [2.24, 2.45) is 11.3 Å². The van der Waals surface area contributed by atoms with E-state index in [0.717, 1.165) is 43.0 Å². The van der Waals surface area contributed by atoms with Gasteiger partial charge in [0, 0.05) is 44.5 Å². The van der Waals surface area contributed by atoms with Crippen LogP contribution in [-0.4, -0.2) is 73.2 Å². The lowest BCUT2D eigenvalue weighted by Crippen LogP contribution is -2.45. The lowest BCUT2D eigenvalue weighted by molar-refractivity contribution is 0.0474. The predicted octanol–water partition coefficient (Wildman–Crippen LogP) is 5.29. The maximum Gasteiger partial charge on any atom is 0.253 e. The number of aliphatic hydroxyl groups excluding tert-OH is 1. The van der Waals surface area contributed by atoms with Gasteiger partial charge in [0.05, 0.1) is 6.10 Å². The molecule has 1 aliphatic carbocycles. The molecule has 2 heterocycles. The van der Waals surface area contributed by atoms with Crippen molar-refractivity contribution in [1.82, 2.24) is 9.80 Å². The smallest absolute Gasteiger partial charge is 0.253 e. The fraction of sp³-hybridized carbons (Fsp3) is 0.581. The molecule has 1 amide bonds. The average molecular weight is 490 g/mol. The van der Waals surface area contributed by atoms with E-state index in [1.54, 1.807) is 4.90 Å². The van der Waals surface area contributed by atoms with E-state index in [-0.39, 0.29) is 5.91 Å². The van der Waals surface area contributed by atoms with Gasteiger partial charge in [-0.15, -0.1) is 0 Å². The second kappa shape index (κ2) is 10.9. The van der Waals surface area contributed by atoms with Crippen molar-refractivity contribution >= 4 is 11.6 Å². The third kappa shape index (κ3) is 5.95. The molecule has 1 N–H and O–H groups in total. The van der Waals surface area contributed by atoms with E-state index in [9.17, 15) is 9.90 Å². The normalized spacial score (nSPS) is 22.8.